The Bertz CT molecular complexity index is 567. The zero-order chi connectivity index (χ0) is 16.5. The molecule has 124 valence electrons. The van der Waals surface area contributed by atoms with E-state index in [9.17, 15) is 0 Å². The lowest BCUT2D eigenvalue weighted by Crippen LogP contribution is -2.21. The van der Waals surface area contributed by atoms with Crippen molar-refractivity contribution in [3.63, 3.8) is 0 Å². The van der Waals surface area contributed by atoms with Crippen molar-refractivity contribution in [3.8, 4) is 5.75 Å². The molecule has 2 unspecified atom stereocenters. The molecule has 0 amide bonds. The summed E-state index contributed by atoms with van der Waals surface area (Å²) >= 11 is 0. The summed E-state index contributed by atoms with van der Waals surface area (Å²) in [5.41, 5.74) is 2.65. The Balaban J connectivity index is 1.84. The van der Waals surface area contributed by atoms with E-state index in [-0.39, 0.29) is 6.10 Å². The van der Waals surface area contributed by atoms with Gasteiger partial charge in [-0.2, -0.15) is 0 Å². The molecule has 2 atom stereocenters. The van der Waals surface area contributed by atoms with E-state index in [4.69, 9.17) is 4.74 Å². The van der Waals surface area contributed by atoms with Crippen LogP contribution in [0.3, 0.4) is 0 Å². The van der Waals surface area contributed by atoms with Gasteiger partial charge in [-0.15, -0.1) is 0 Å². The number of benzene rings is 2. The molecule has 2 nitrogen and oxygen atoms in total. The standard InChI is InChI=1S/C21H29NO/c1-4-17(2)23-21-15-9-8-14-20(21)18(3)22-16-10-13-19-11-6-5-7-12-19/h5-9,11-12,14-15,17-18,22H,4,10,13,16H2,1-3H3. The quantitative estimate of drug-likeness (QED) is 0.647. The van der Waals surface area contributed by atoms with Crippen molar-refractivity contribution in [2.75, 3.05) is 6.54 Å². The van der Waals surface area contributed by atoms with Gasteiger partial charge in [-0.1, -0.05) is 55.5 Å². The van der Waals surface area contributed by atoms with Gasteiger partial charge in [0.2, 0.25) is 0 Å². The van der Waals surface area contributed by atoms with Gasteiger partial charge in [0.15, 0.2) is 0 Å². The minimum absolute atomic E-state index is 0.251. The van der Waals surface area contributed by atoms with Crippen LogP contribution in [0.5, 0.6) is 5.75 Å². The molecule has 0 radical (unpaired) electrons. The van der Waals surface area contributed by atoms with Crippen LogP contribution in [0, 0.1) is 0 Å². The third-order valence-electron chi connectivity index (χ3n) is 4.22. The molecule has 0 saturated heterocycles. The summed E-state index contributed by atoms with van der Waals surface area (Å²) < 4.78 is 6.05. The molecule has 0 aliphatic heterocycles. The normalized spacial score (nSPS) is 13.5. The van der Waals surface area contributed by atoms with E-state index in [0.29, 0.717) is 6.04 Å². The third-order valence-corrected chi connectivity index (χ3v) is 4.22. The molecule has 0 fully saturated rings. The predicted octanol–water partition coefficient (Wildman–Crippen LogP) is 5.15. The lowest BCUT2D eigenvalue weighted by atomic mass is 10.1. The maximum atomic E-state index is 6.05. The Morgan fingerprint density at radius 3 is 2.39 bits per heavy atom. The monoisotopic (exact) mass is 311 g/mol. The van der Waals surface area contributed by atoms with Gasteiger partial charge < -0.3 is 10.1 Å². The maximum Gasteiger partial charge on any atom is 0.124 e. The average molecular weight is 311 g/mol. The van der Waals surface area contributed by atoms with Crippen LogP contribution in [0.25, 0.3) is 0 Å². The van der Waals surface area contributed by atoms with Crippen LogP contribution in [-0.2, 0) is 6.42 Å². The summed E-state index contributed by atoms with van der Waals surface area (Å²) in [6.07, 6.45) is 3.53. The first-order valence-electron chi connectivity index (χ1n) is 8.73. The fourth-order valence-electron chi connectivity index (χ4n) is 2.61. The third kappa shape index (κ3) is 5.72. The smallest absolute Gasteiger partial charge is 0.124 e. The van der Waals surface area contributed by atoms with Crippen LogP contribution in [0.15, 0.2) is 54.6 Å². The largest absolute Gasteiger partial charge is 0.490 e. The van der Waals surface area contributed by atoms with Crippen LogP contribution in [-0.4, -0.2) is 12.6 Å². The number of aryl methyl sites for hydroxylation is 1. The van der Waals surface area contributed by atoms with Gasteiger partial charge in [0, 0.05) is 11.6 Å². The van der Waals surface area contributed by atoms with E-state index in [1.54, 1.807) is 0 Å². The van der Waals surface area contributed by atoms with Gasteiger partial charge in [-0.25, -0.2) is 0 Å². The first-order chi connectivity index (χ1) is 11.2. The Labute approximate surface area is 140 Å². The van der Waals surface area contributed by atoms with Gasteiger partial charge in [0.05, 0.1) is 6.10 Å². The molecule has 1 N–H and O–H groups in total. The second-order valence-corrected chi connectivity index (χ2v) is 6.14. The molecule has 2 aromatic carbocycles. The molecule has 2 aromatic rings. The van der Waals surface area contributed by atoms with Gasteiger partial charge in [0.25, 0.3) is 0 Å². The first-order valence-corrected chi connectivity index (χ1v) is 8.73. The number of para-hydroxylation sites is 1. The fraction of sp³-hybridized carbons (Fsp3) is 0.429. The van der Waals surface area contributed by atoms with Crippen molar-refractivity contribution in [2.24, 2.45) is 0 Å². The summed E-state index contributed by atoms with van der Waals surface area (Å²) in [5.74, 6) is 1.00. The zero-order valence-corrected chi connectivity index (χ0v) is 14.6. The summed E-state index contributed by atoms with van der Waals surface area (Å²) in [7, 11) is 0. The van der Waals surface area contributed by atoms with Gasteiger partial charge in [-0.05, 0) is 51.3 Å². The highest BCUT2D eigenvalue weighted by atomic mass is 16.5. The molecule has 2 heteroatoms. The van der Waals surface area contributed by atoms with E-state index in [1.165, 1.54) is 11.1 Å². The summed E-state index contributed by atoms with van der Waals surface area (Å²) in [4.78, 5) is 0. The number of rotatable bonds is 9. The molecule has 2 rings (SSSR count). The molecule has 0 aromatic heterocycles. The second kappa shape index (κ2) is 9.36. The second-order valence-electron chi connectivity index (χ2n) is 6.14. The highest BCUT2D eigenvalue weighted by molar-refractivity contribution is 5.35. The first kappa shape index (κ1) is 17.6. The summed E-state index contributed by atoms with van der Waals surface area (Å²) in [6, 6.07) is 19.3. The highest BCUT2D eigenvalue weighted by Crippen LogP contribution is 2.26. The molecular weight excluding hydrogens is 282 g/mol. The number of nitrogens with one attached hydrogen (secondary N) is 1. The minimum Gasteiger partial charge on any atom is -0.490 e. The van der Waals surface area contributed by atoms with Crippen LogP contribution in [0.4, 0.5) is 0 Å². The van der Waals surface area contributed by atoms with E-state index in [0.717, 1.165) is 31.6 Å². The Kier molecular flexibility index (Phi) is 7.15. The Morgan fingerprint density at radius 2 is 1.65 bits per heavy atom. The molecule has 0 bridgehead atoms. The van der Waals surface area contributed by atoms with Crippen molar-refractivity contribution in [1.29, 1.82) is 0 Å². The zero-order valence-electron chi connectivity index (χ0n) is 14.6. The van der Waals surface area contributed by atoms with Crippen molar-refractivity contribution >= 4 is 0 Å². The Morgan fingerprint density at radius 1 is 0.957 bits per heavy atom. The van der Waals surface area contributed by atoms with E-state index in [1.807, 2.05) is 6.07 Å². The molecule has 0 spiro atoms. The minimum atomic E-state index is 0.251. The van der Waals surface area contributed by atoms with Crippen LogP contribution >= 0.6 is 0 Å². The Hall–Kier alpha value is -1.80. The fourth-order valence-corrected chi connectivity index (χ4v) is 2.61. The SMILES string of the molecule is CCC(C)Oc1ccccc1C(C)NCCCc1ccccc1. The van der Waals surface area contributed by atoms with Crippen molar-refractivity contribution < 1.29 is 4.74 Å². The molecule has 0 saturated carbocycles. The van der Waals surface area contributed by atoms with Crippen molar-refractivity contribution in [3.05, 3.63) is 65.7 Å². The highest BCUT2D eigenvalue weighted by Gasteiger charge is 2.12. The molecule has 0 aliphatic rings. The number of hydrogen-bond donors (Lipinski definition) is 1. The van der Waals surface area contributed by atoms with Crippen LogP contribution in [0.2, 0.25) is 0 Å². The number of ether oxygens (including phenoxy) is 1. The topological polar surface area (TPSA) is 21.3 Å². The predicted molar refractivity (Wildman–Crippen MR) is 98.0 cm³/mol. The van der Waals surface area contributed by atoms with Crippen LogP contribution in [0.1, 0.15) is 50.8 Å². The number of hydrogen-bond acceptors (Lipinski definition) is 2. The van der Waals surface area contributed by atoms with E-state index < -0.39 is 0 Å². The van der Waals surface area contributed by atoms with E-state index >= 15 is 0 Å². The summed E-state index contributed by atoms with van der Waals surface area (Å²) in [6.45, 7) is 7.49. The van der Waals surface area contributed by atoms with Gasteiger partial charge >= 0.3 is 0 Å². The van der Waals surface area contributed by atoms with Crippen molar-refractivity contribution in [2.45, 2.75) is 52.2 Å². The van der Waals surface area contributed by atoms with Crippen molar-refractivity contribution in [1.82, 2.24) is 5.32 Å². The molecular formula is C21H29NO. The summed E-state index contributed by atoms with van der Waals surface area (Å²) in [5, 5.41) is 3.62. The van der Waals surface area contributed by atoms with Gasteiger partial charge in [-0.3, -0.25) is 0 Å². The lowest BCUT2D eigenvalue weighted by molar-refractivity contribution is 0.213. The van der Waals surface area contributed by atoms with Gasteiger partial charge in [0.1, 0.15) is 5.75 Å². The molecule has 23 heavy (non-hydrogen) atoms. The van der Waals surface area contributed by atoms with E-state index in [2.05, 4.69) is 74.6 Å². The lowest BCUT2D eigenvalue weighted by Gasteiger charge is -2.20. The average Bonchev–Trinajstić information content (AvgIpc) is 2.59. The molecule has 0 aliphatic carbocycles. The maximum absolute atomic E-state index is 6.05. The van der Waals surface area contributed by atoms with Crippen LogP contribution < -0.4 is 10.1 Å². The molecule has 0 heterocycles.